The summed E-state index contributed by atoms with van der Waals surface area (Å²) in [7, 11) is 1.30. The van der Waals surface area contributed by atoms with Gasteiger partial charge in [0, 0.05) is 24.6 Å². The number of carbonyl (C=O) groups is 2. The maximum atomic E-state index is 12.8. The van der Waals surface area contributed by atoms with Crippen LogP contribution in [0.5, 0.6) is 0 Å². The van der Waals surface area contributed by atoms with Gasteiger partial charge in [-0.15, -0.1) is 11.6 Å². The van der Waals surface area contributed by atoms with Gasteiger partial charge < -0.3 is 28.8 Å². The first kappa shape index (κ1) is 27.1. The normalized spacial score (nSPS) is 39.6. The second-order valence-corrected chi connectivity index (χ2v) is 12.6. The quantitative estimate of drug-likeness (QED) is 0.216. The van der Waals surface area contributed by atoms with Crippen LogP contribution in [0.1, 0.15) is 51.4 Å². The van der Waals surface area contributed by atoms with Crippen molar-refractivity contribution in [2.24, 2.45) is 0 Å². The molecule has 192 valence electrons. The van der Waals surface area contributed by atoms with Gasteiger partial charge in [-0.1, -0.05) is 24.4 Å². The van der Waals surface area contributed by atoms with Crippen molar-refractivity contribution in [3.8, 4) is 0 Å². The van der Waals surface area contributed by atoms with E-state index in [1.165, 1.54) is 7.11 Å². The van der Waals surface area contributed by atoms with E-state index in [4.69, 9.17) is 30.5 Å². The minimum Gasteiger partial charge on any atom is -0.850 e. The Morgan fingerprint density at radius 3 is 2.76 bits per heavy atom. The fourth-order valence-electron chi connectivity index (χ4n) is 5.33. The molecule has 4 aliphatic heterocycles. The fourth-order valence-corrected chi connectivity index (χ4v) is 7.12. The number of hydrogen-bond donors (Lipinski definition) is 0. The maximum Gasteiger partial charge on any atom is 0.316 e. The minimum atomic E-state index is -0.989. The smallest absolute Gasteiger partial charge is 0.316 e. The van der Waals surface area contributed by atoms with Crippen molar-refractivity contribution in [2.45, 2.75) is 105 Å². The van der Waals surface area contributed by atoms with Crippen molar-refractivity contribution in [2.75, 3.05) is 12.9 Å². The maximum absolute atomic E-state index is 12.8. The van der Waals surface area contributed by atoms with Gasteiger partial charge in [-0.3, -0.25) is 9.59 Å². The summed E-state index contributed by atoms with van der Waals surface area (Å²) in [5.74, 6) is -1.42. The molecule has 0 saturated carbocycles. The monoisotopic (exact) mass is 629 g/mol. The summed E-state index contributed by atoms with van der Waals surface area (Å²) < 4.78 is 31.0. The molecule has 4 rings (SSSR count). The van der Waals surface area contributed by atoms with Crippen LogP contribution in [0.4, 0.5) is 0 Å². The molecule has 4 bridgehead atoms. The van der Waals surface area contributed by atoms with E-state index >= 15 is 0 Å². The van der Waals surface area contributed by atoms with Crippen molar-refractivity contribution < 1.29 is 38.4 Å². The third-order valence-electron chi connectivity index (χ3n) is 6.89. The summed E-state index contributed by atoms with van der Waals surface area (Å²) >= 11 is 9.60. The van der Waals surface area contributed by atoms with Gasteiger partial charge in [0.15, 0.2) is 10.9 Å². The molecule has 0 radical (unpaired) electrons. The SMILES string of the molecule is C=C(I)C[C@H](Cl)CC[C@]12CC([O-])C(O1)[C@H]1C[C@@H](O2)C2O[C@@H](CC(=O)SCC(=O)OC)CC[C@@H]2O1. The molecule has 0 spiro atoms. The summed E-state index contributed by atoms with van der Waals surface area (Å²) in [5.41, 5.74) is 0. The summed E-state index contributed by atoms with van der Waals surface area (Å²) in [6, 6.07) is 0. The molecule has 3 unspecified atom stereocenters. The molecule has 9 atom stereocenters. The van der Waals surface area contributed by atoms with Crippen molar-refractivity contribution in [1.82, 2.24) is 0 Å². The summed E-state index contributed by atoms with van der Waals surface area (Å²) in [5, 5.41) is 12.6. The second-order valence-electron chi connectivity index (χ2n) is 9.44. The van der Waals surface area contributed by atoms with Crippen molar-refractivity contribution in [3.63, 3.8) is 0 Å². The molecule has 0 N–H and O–H groups in total. The Hall–Kier alpha value is 0.0500. The number of thioether (sulfide) groups is 1. The molecule has 4 saturated heterocycles. The second kappa shape index (κ2) is 11.6. The van der Waals surface area contributed by atoms with Crippen LogP contribution in [0.15, 0.2) is 10.2 Å². The third kappa shape index (κ3) is 6.48. The van der Waals surface area contributed by atoms with Gasteiger partial charge in [0.1, 0.15) is 6.10 Å². The molecule has 0 aromatic rings. The van der Waals surface area contributed by atoms with Gasteiger partial charge in [0.05, 0.1) is 43.4 Å². The Bertz CT molecular complexity index is 786. The van der Waals surface area contributed by atoms with Gasteiger partial charge in [0.25, 0.3) is 0 Å². The summed E-state index contributed by atoms with van der Waals surface area (Å²) in [4.78, 5) is 23.6. The number of carbonyl (C=O) groups excluding carboxylic acids is 2. The summed E-state index contributed by atoms with van der Waals surface area (Å²) in [6.45, 7) is 3.91. The number of esters is 1. The molecule has 0 aliphatic carbocycles. The van der Waals surface area contributed by atoms with Gasteiger partial charge in [-0.05, 0) is 58.3 Å². The van der Waals surface area contributed by atoms with Gasteiger partial charge in [-0.2, -0.15) is 0 Å². The van der Waals surface area contributed by atoms with Crippen molar-refractivity contribution >= 4 is 57.0 Å². The van der Waals surface area contributed by atoms with E-state index in [0.29, 0.717) is 38.5 Å². The Morgan fingerprint density at radius 2 is 2.03 bits per heavy atom. The predicted molar refractivity (Wildman–Crippen MR) is 133 cm³/mol. The zero-order valence-electron chi connectivity index (χ0n) is 19.1. The van der Waals surface area contributed by atoms with Crippen LogP contribution in [0.2, 0.25) is 0 Å². The average molecular weight is 630 g/mol. The van der Waals surface area contributed by atoms with E-state index in [2.05, 4.69) is 33.9 Å². The zero-order valence-corrected chi connectivity index (χ0v) is 22.8. The first-order chi connectivity index (χ1) is 16.2. The highest BCUT2D eigenvalue weighted by molar-refractivity contribution is 14.1. The Balaban J connectivity index is 1.39. The highest BCUT2D eigenvalue weighted by atomic mass is 127. The third-order valence-corrected chi connectivity index (χ3v) is 8.57. The number of rotatable bonds is 9. The van der Waals surface area contributed by atoms with Crippen molar-refractivity contribution in [3.05, 3.63) is 10.2 Å². The molecule has 4 heterocycles. The Labute approximate surface area is 222 Å². The molecule has 4 aliphatic rings. The van der Waals surface area contributed by atoms with Crippen LogP contribution in [-0.4, -0.2) is 77.8 Å². The van der Waals surface area contributed by atoms with E-state index in [0.717, 1.165) is 15.3 Å². The largest absolute Gasteiger partial charge is 0.850 e. The standard InChI is InChI=1S/C23H31ClIO8S/c1-12(25)7-13(24)5-6-23-10-15(26)21(33-23)17-9-18(32-23)22-16(31-17)4-3-14(30-22)8-20(28)34-11-19(27)29-2/h13-18,21-22H,1,3-11H2,2H3/q-1/t13-,14-,15?,16+,17-,18-,21?,22?,23-/m1/s1. The van der Waals surface area contributed by atoms with Gasteiger partial charge in [0.2, 0.25) is 0 Å². The molecule has 34 heavy (non-hydrogen) atoms. The van der Waals surface area contributed by atoms with E-state index < -0.39 is 24.0 Å². The lowest BCUT2D eigenvalue weighted by Crippen LogP contribution is -2.59. The topological polar surface area (TPSA) is 103 Å². The molecular weight excluding hydrogens is 599 g/mol. The van der Waals surface area contributed by atoms with Crippen LogP contribution in [0.3, 0.4) is 0 Å². The van der Waals surface area contributed by atoms with Gasteiger partial charge in [-0.25, -0.2) is 0 Å². The number of methoxy groups -OCH3 is 1. The number of halogens is 2. The van der Waals surface area contributed by atoms with Crippen LogP contribution < -0.4 is 5.11 Å². The minimum absolute atomic E-state index is 0.00524. The lowest BCUT2D eigenvalue weighted by atomic mass is 9.86. The van der Waals surface area contributed by atoms with Crippen LogP contribution >= 0.6 is 46.0 Å². The number of ether oxygens (including phenoxy) is 5. The Kier molecular flexibility index (Phi) is 9.26. The first-order valence-electron chi connectivity index (χ1n) is 11.7. The zero-order chi connectivity index (χ0) is 24.5. The molecule has 0 aromatic carbocycles. The number of alkyl halides is 1. The van der Waals surface area contributed by atoms with Crippen LogP contribution in [0.25, 0.3) is 0 Å². The lowest BCUT2D eigenvalue weighted by Gasteiger charge is -2.48. The average Bonchev–Trinajstić information content (AvgIpc) is 3.05. The molecule has 8 nitrogen and oxygen atoms in total. The number of allylic oxidation sites excluding steroid dienone is 1. The lowest BCUT2D eigenvalue weighted by molar-refractivity contribution is -0.434. The van der Waals surface area contributed by atoms with Crippen LogP contribution in [-0.2, 0) is 33.3 Å². The molecule has 4 fully saturated rings. The first-order valence-corrected chi connectivity index (χ1v) is 14.2. The molecule has 11 heteroatoms. The highest BCUT2D eigenvalue weighted by Crippen LogP contribution is 2.47. The van der Waals surface area contributed by atoms with Gasteiger partial charge >= 0.3 is 5.97 Å². The summed E-state index contributed by atoms with van der Waals surface area (Å²) in [6.07, 6.45) is 1.36. The highest BCUT2D eigenvalue weighted by Gasteiger charge is 2.57. The van der Waals surface area contributed by atoms with E-state index in [-0.39, 0.29) is 59.6 Å². The van der Waals surface area contributed by atoms with Crippen molar-refractivity contribution in [1.29, 1.82) is 0 Å². The number of fused-ring (bicyclic) bond motifs is 7. The molecule has 0 amide bonds. The fraction of sp³-hybridized carbons (Fsp3) is 0.826. The molecular formula is C23H31ClIO8S-. The Morgan fingerprint density at radius 1 is 1.24 bits per heavy atom. The van der Waals surface area contributed by atoms with E-state index in [1.807, 2.05) is 0 Å². The van der Waals surface area contributed by atoms with E-state index in [9.17, 15) is 14.7 Å². The molecule has 0 aromatic heterocycles. The number of hydrogen-bond acceptors (Lipinski definition) is 9. The van der Waals surface area contributed by atoms with Crippen LogP contribution in [0, 0.1) is 0 Å². The van der Waals surface area contributed by atoms with E-state index in [1.54, 1.807) is 0 Å². The predicted octanol–water partition coefficient (Wildman–Crippen LogP) is 2.85.